The number of hydrogen-bond donors (Lipinski definition) is 0. The zero-order valence-electron chi connectivity index (χ0n) is 5.26. The molecule has 0 aromatic heterocycles. The van der Waals surface area contributed by atoms with Gasteiger partial charge in [0.05, 0.1) is 12.2 Å². The molecular weight excluding hydrogens is 100 g/mol. The molecule has 1 heterocycles. The fourth-order valence-electron chi connectivity index (χ4n) is 1.60. The molecule has 0 N–H and O–H groups in total. The van der Waals surface area contributed by atoms with Crippen LogP contribution in [0.3, 0.4) is 0 Å². The molecule has 46 valence electrons. The van der Waals surface area contributed by atoms with Crippen molar-refractivity contribution >= 4 is 0 Å². The summed E-state index contributed by atoms with van der Waals surface area (Å²) in [4.78, 5) is 0. The first-order valence-corrected chi connectivity index (χ1v) is 3.52. The molecule has 1 aliphatic carbocycles. The highest BCUT2D eigenvalue weighted by atomic mass is 16.6. The van der Waals surface area contributed by atoms with Gasteiger partial charge in [-0.25, -0.2) is 0 Å². The van der Waals surface area contributed by atoms with Gasteiger partial charge in [0.15, 0.2) is 0 Å². The molecule has 2 aliphatic rings. The van der Waals surface area contributed by atoms with Crippen molar-refractivity contribution in [2.75, 3.05) is 0 Å². The van der Waals surface area contributed by atoms with Crippen LogP contribution in [0.15, 0.2) is 0 Å². The molecule has 1 heteroatoms. The molecular formula is C7H12O. The number of ether oxygens (including phenoxy) is 1. The van der Waals surface area contributed by atoms with Crippen molar-refractivity contribution in [3.63, 3.8) is 0 Å². The van der Waals surface area contributed by atoms with E-state index >= 15 is 0 Å². The Labute approximate surface area is 50.0 Å². The van der Waals surface area contributed by atoms with Gasteiger partial charge in [0.25, 0.3) is 0 Å². The fraction of sp³-hybridized carbons (Fsp3) is 1.00. The molecule has 2 rings (SSSR count). The lowest BCUT2D eigenvalue weighted by Crippen LogP contribution is -2.09. The first-order valence-electron chi connectivity index (χ1n) is 3.52. The van der Waals surface area contributed by atoms with Crippen LogP contribution in [-0.2, 0) is 4.74 Å². The highest BCUT2D eigenvalue weighted by molar-refractivity contribution is 4.90. The van der Waals surface area contributed by atoms with Gasteiger partial charge in [-0.3, -0.25) is 0 Å². The fourth-order valence-corrected chi connectivity index (χ4v) is 1.60. The zero-order valence-corrected chi connectivity index (χ0v) is 5.26. The van der Waals surface area contributed by atoms with E-state index in [1.807, 2.05) is 0 Å². The van der Waals surface area contributed by atoms with Gasteiger partial charge >= 0.3 is 0 Å². The molecule has 0 bridgehead atoms. The minimum absolute atomic E-state index is 0.679. The summed E-state index contributed by atoms with van der Waals surface area (Å²) >= 11 is 0. The molecule has 2 fully saturated rings. The van der Waals surface area contributed by atoms with Gasteiger partial charge in [-0.15, -0.1) is 0 Å². The van der Waals surface area contributed by atoms with Gasteiger partial charge in [0.1, 0.15) is 0 Å². The average molecular weight is 112 g/mol. The van der Waals surface area contributed by atoms with Crippen molar-refractivity contribution in [1.82, 2.24) is 0 Å². The molecule has 0 radical (unpaired) electrons. The zero-order chi connectivity index (χ0) is 5.56. The maximum atomic E-state index is 5.35. The van der Waals surface area contributed by atoms with Gasteiger partial charge < -0.3 is 4.74 Å². The summed E-state index contributed by atoms with van der Waals surface area (Å²) in [5, 5.41) is 0. The van der Waals surface area contributed by atoms with Gasteiger partial charge in [0, 0.05) is 0 Å². The van der Waals surface area contributed by atoms with E-state index in [1.54, 1.807) is 0 Å². The molecule has 1 saturated heterocycles. The molecule has 8 heavy (non-hydrogen) atoms. The van der Waals surface area contributed by atoms with Crippen molar-refractivity contribution in [1.29, 1.82) is 0 Å². The van der Waals surface area contributed by atoms with Crippen LogP contribution in [0.5, 0.6) is 0 Å². The second kappa shape index (κ2) is 1.47. The summed E-state index contributed by atoms with van der Waals surface area (Å²) in [5.41, 5.74) is 0. The van der Waals surface area contributed by atoms with E-state index in [-0.39, 0.29) is 0 Å². The number of rotatable bonds is 0. The predicted molar refractivity (Wildman–Crippen MR) is 31.7 cm³/mol. The van der Waals surface area contributed by atoms with Crippen molar-refractivity contribution in [3.05, 3.63) is 0 Å². The molecule has 3 atom stereocenters. The Morgan fingerprint density at radius 2 is 2.12 bits per heavy atom. The average Bonchev–Trinajstić information content (AvgIpc) is 2.43. The Hall–Kier alpha value is -0.0400. The van der Waals surface area contributed by atoms with Gasteiger partial charge in [-0.1, -0.05) is 6.92 Å². The van der Waals surface area contributed by atoms with Crippen LogP contribution in [0, 0.1) is 5.92 Å². The van der Waals surface area contributed by atoms with E-state index in [0.29, 0.717) is 12.2 Å². The van der Waals surface area contributed by atoms with E-state index < -0.39 is 0 Å². The van der Waals surface area contributed by atoms with Crippen molar-refractivity contribution in [2.45, 2.75) is 38.4 Å². The summed E-state index contributed by atoms with van der Waals surface area (Å²) in [6, 6.07) is 0. The van der Waals surface area contributed by atoms with Gasteiger partial charge in [0.2, 0.25) is 0 Å². The molecule has 0 aromatic rings. The second-order valence-electron chi connectivity index (χ2n) is 3.13. The first-order chi connectivity index (χ1) is 3.86. The monoisotopic (exact) mass is 112 g/mol. The molecule has 0 unspecified atom stereocenters. The summed E-state index contributed by atoms with van der Waals surface area (Å²) in [5.74, 6) is 0.929. The normalized spacial score (nSPS) is 52.9. The Kier molecular flexibility index (Phi) is 0.884. The summed E-state index contributed by atoms with van der Waals surface area (Å²) in [7, 11) is 0. The highest BCUT2D eigenvalue weighted by Crippen LogP contribution is 2.38. The van der Waals surface area contributed by atoms with E-state index in [2.05, 4.69) is 6.92 Å². The largest absolute Gasteiger partial charge is 0.370 e. The Morgan fingerprint density at radius 3 is 2.75 bits per heavy atom. The first kappa shape index (κ1) is 4.80. The molecule has 1 nitrogen and oxygen atoms in total. The number of epoxide rings is 1. The minimum atomic E-state index is 0.679. The molecule has 1 aliphatic heterocycles. The van der Waals surface area contributed by atoms with E-state index in [1.165, 1.54) is 19.3 Å². The third-order valence-electron chi connectivity index (χ3n) is 2.27. The van der Waals surface area contributed by atoms with Crippen molar-refractivity contribution in [3.8, 4) is 0 Å². The summed E-state index contributed by atoms with van der Waals surface area (Å²) < 4.78 is 5.35. The van der Waals surface area contributed by atoms with Gasteiger partial charge in [-0.2, -0.15) is 0 Å². The molecule has 0 amide bonds. The summed E-state index contributed by atoms with van der Waals surface area (Å²) in [6.07, 6.45) is 5.41. The van der Waals surface area contributed by atoms with Crippen LogP contribution < -0.4 is 0 Å². The predicted octanol–water partition coefficient (Wildman–Crippen LogP) is 1.57. The van der Waals surface area contributed by atoms with Gasteiger partial charge in [-0.05, 0) is 25.2 Å². The third-order valence-corrected chi connectivity index (χ3v) is 2.27. The molecule has 0 spiro atoms. The Balaban J connectivity index is 1.93. The lowest BCUT2D eigenvalue weighted by atomic mass is 9.91. The molecule has 0 aromatic carbocycles. The lowest BCUT2D eigenvalue weighted by Gasteiger charge is -2.11. The quantitative estimate of drug-likeness (QED) is 0.433. The second-order valence-corrected chi connectivity index (χ2v) is 3.13. The Morgan fingerprint density at radius 1 is 1.25 bits per heavy atom. The van der Waals surface area contributed by atoms with Crippen LogP contribution in [0.4, 0.5) is 0 Å². The SMILES string of the molecule is C[C@H]1CC[C@@H]2O[C@@H]2C1. The third kappa shape index (κ3) is 0.655. The number of fused-ring (bicyclic) bond motifs is 1. The van der Waals surface area contributed by atoms with Crippen molar-refractivity contribution < 1.29 is 4.74 Å². The smallest absolute Gasteiger partial charge is 0.0844 e. The van der Waals surface area contributed by atoms with Crippen LogP contribution >= 0.6 is 0 Å². The van der Waals surface area contributed by atoms with Crippen molar-refractivity contribution in [2.24, 2.45) is 5.92 Å². The van der Waals surface area contributed by atoms with Crippen LogP contribution in [-0.4, -0.2) is 12.2 Å². The molecule has 1 saturated carbocycles. The number of hydrogen-bond acceptors (Lipinski definition) is 1. The Bertz CT molecular complexity index is 101. The topological polar surface area (TPSA) is 12.5 Å². The highest BCUT2D eigenvalue weighted by Gasteiger charge is 2.42. The van der Waals surface area contributed by atoms with Crippen LogP contribution in [0.2, 0.25) is 0 Å². The standard InChI is InChI=1S/C7H12O/c1-5-2-3-6-7(4-5)8-6/h5-7H,2-4H2,1H3/t5-,6-,7+/m0/s1. The lowest BCUT2D eigenvalue weighted by molar-refractivity contribution is 0.367. The van der Waals surface area contributed by atoms with Crippen LogP contribution in [0.1, 0.15) is 26.2 Å². The maximum Gasteiger partial charge on any atom is 0.0844 e. The van der Waals surface area contributed by atoms with E-state index in [0.717, 1.165) is 5.92 Å². The van der Waals surface area contributed by atoms with Crippen LogP contribution in [0.25, 0.3) is 0 Å². The minimum Gasteiger partial charge on any atom is -0.370 e. The summed E-state index contributed by atoms with van der Waals surface area (Å²) in [6.45, 7) is 2.32. The van der Waals surface area contributed by atoms with E-state index in [9.17, 15) is 0 Å². The van der Waals surface area contributed by atoms with E-state index in [4.69, 9.17) is 4.74 Å². The maximum absolute atomic E-state index is 5.35.